The smallest absolute Gasteiger partial charge is 0.304 e. The molecular weight excluding hydrogens is 286 g/mol. The van der Waals surface area contributed by atoms with Crippen molar-refractivity contribution in [2.75, 3.05) is 35.2 Å². The van der Waals surface area contributed by atoms with Gasteiger partial charge < -0.3 is 21.5 Å². The number of nitrogens with zero attached hydrogens (tertiary/aromatic N) is 1. The zero-order valence-electron chi connectivity index (χ0n) is 12.8. The van der Waals surface area contributed by atoms with Gasteiger partial charge in [-0.15, -0.1) is 11.8 Å². The van der Waals surface area contributed by atoms with Crippen LogP contribution in [0.1, 0.15) is 33.1 Å². The van der Waals surface area contributed by atoms with Crippen LogP contribution in [0.25, 0.3) is 0 Å². The first-order valence-corrected chi connectivity index (χ1v) is 8.26. The van der Waals surface area contributed by atoms with E-state index in [1.807, 2.05) is 6.07 Å². The van der Waals surface area contributed by atoms with Crippen molar-refractivity contribution < 1.29 is 9.90 Å². The first-order valence-electron chi connectivity index (χ1n) is 7.28. The van der Waals surface area contributed by atoms with Gasteiger partial charge in [-0.25, -0.2) is 0 Å². The minimum Gasteiger partial charge on any atom is -0.481 e. The maximum Gasteiger partial charge on any atom is 0.304 e. The Labute approximate surface area is 130 Å². The molecule has 6 heteroatoms. The predicted molar refractivity (Wildman–Crippen MR) is 91.0 cm³/mol. The van der Waals surface area contributed by atoms with Crippen LogP contribution in [0.3, 0.4) is 0 Å². The van der Waals surface area contributed by atoms with Gasteiger partial charge in [-0.1, -0.05) is 13.8 Å². The number of rotatable bonds is 9. The van der Waals surface area contributed by atoms with Crippen molar-refractivity contribution in [3.8, 4) is 0 Å². The fraction of sp³-hybridized carbons (Fsp3) is 0.533. The predicted octanol–water partition coefficient (Wildman–Crippen LogP) is 3.04. The fourth-order valence-electron chi connectivity index (χ4n) is 2.14. The van der Waals surface area contributed by atoms with Crippen molar-refractivity contribution in [1.82, 2.24) is 0 Å². The average molecular weight is 311 g/mol. The third-order valence-electron chi connectivity index (χ3n) is 3.06. The number of carboxylic acids is 1. The molecule has 0 bridgehead atoms. The van der Waals surface area contributed by atoms with Gasteiger partial charge in [0.2, 0.25) is 0 Å². The van der Waals surface area contributed by atoms with Gasteiger partial charge in [0.1, 0.15) is 0 Å². The van der Waals surface area contributed by atoms with Gasteiger partial charge in [0, 0.05) is 29.4 Å². The number of carboxylic acid groups (broad SMARTS) is 1. The number of benzene rings is 1. The van der Waals surface area contributed by atoms with Crippen molar-refractivity contribution in [3.05, 3.63) is 12.1 Å². The van der Waals surface area contributed by atoms with Crippen LogP contribution in [-0.2, 0) is 4.79 Å². The summed E-state index contributed by atoms with van der Waals surface area (Å²) in [6.45, 7) is 6.17. The molecule has 0 saturated carbocycles. The van der Waals surface area contributed by atoms with E-state index in [0.29, 0.717) is 17.1 Å². The Morgan fingerprint density at radius 2 is 1.81 bits per heavy atom. The topological polar surface area (TPSA) is 92.6 Å². The molecule has 0 aliphatic heterocycles. The molecule has 1 rings (SSSR count). The SMILES string of the molecule is CCCN(CCC)c1cc(SCCC(=O)O)c(N)cc1N. The van der Waals surface area contributed by atoms with Crippen molar-refractivity contribution in [3.63, 3.8) is 0 Å². The summed E-state index contributed by atoms with van der Waals surface area (Å²) < 4.78 is 0. The largest absolute Gasteiger partial charge is 0.481 e. The lowest BCUT2D eigenvalue weighted by atomic mass is 10.2. The molecule has 0 atom stereocenters. The van der Waals surface area contributed by atoms with Crippen LogP contribution in [0.5, 0.6) is 0 Å². The van der Waals surface area contributed by atoms with Crippen LogP contribution in [-0.4, -0.2) is 29.9 Å². The summed E-state index contributed by atoms with van der Waals surface area (Å²) in [5.41, 5.74) is 14.4. The Morgan fingerprint density at radius 3 is 2.33 bits per heavy atom. The molecule has 1 aromatic rings. The van der Waals surface area contributed by atoms with Crippen LogP contribution in [0, 0.1) is 0 Å². The monoisotopic (exact) mass is 311 g/mol. The van der Waals surface area contributed by atoms with Gasteiger partial charge >= 0.3 is 5.97 Å². The molecule has 0 unspecified atom stereocenters. The molecular formula is C15H25N3O2S. The molecule has 0 aliphatic carbocycles. The van der Waals surface area contributed by atoms with Crippen molar-refractivity contribution >= 4 is 34.8 Å². The highest BCUT2D eigenvalue weighted by molar-refractivity contribution is 7.99. The third-order valence-corrected chi connectivity index (χ3v) is 4.13. The minimum atomic E-state index is -0.796. The van der Waals surface area contributed by atoms with Crippen molar-refractivity contribution in [2.24, 2.45) is 0 Å². The van der Waals surface area contributed by atoms with Crippen molar-refractivity contribution in [2.45, 2.75) is 38.0 Å². The molecule has 1 aromatic carbocycles. The first-order chi connectivity index (χ1) is 9.99. The zero-order valence-corrected chi connectivity index (χ0v) is 13.6. The quantitative estimate of drug-likeness (QED) is 0.479. The standard InChI is InChI=1S/C15H25N3O2S/c1-3-6-18(7-4-2)13-10-14(12(17)9-11(13)16)21-8-5-15(19)20/h9-10H,3-8,16-17H2,1-2H3,(H,19,20). The molecule has 0 amide bonds. The Kier molecular flexibility index (Phi) is 7.22. The van der Waals surface area contributed by atoms with E-state index in [9.17, 15) is 4.79 Å². The highest BCUT2D eigenvalue weighted by Gasteiger charge is 2.12. The van der Waals surface area contributed by atoms with E-state index in [4.69, 9.17) is 16.6 Å². The summed E-state index contributed by atoms with van der Waals surface area (Å²) in [6.07, 6.45) is 2.22. The molecule has 5 N–H and O–H groups in total. The number of aliphatic carboxylic acids is 1. The highest BCUT2D eigenvalue weighted by Crippen LogP contribution is 2.35. The lowest BCUT2D eigenvalue weighted by molar-refractivity contribution is -0.136. The molecule has 118 valence electrons. The number of nitrogens with two attached hydrogens (primary N) is 2. The number of nitrogen functional groups attached to an aromatic ring is 2. The van der Waals surface area contributed by atoms with Gasteiger partial charge in [0.05, 0.1) is 17.8 Å². The number of hydrogen-bond acceptors (Lipinski definition) is 5. The summed E-state index contributed by atoms with van der Waals surface area (Å²) >= 11 is 1.46. The van der Waals surface area contributed by atoms with E-state index in [0.717, 1.165) is 36.5 Å². The van der Waals surface area contributed by atoms with Crippen LogP contribution in [0.2, 0.25) is 0 Å². The average Bonchev–Trinajstić information content (AvgIpc) is 2.41. The number of hydrogen-bond donors (Lipinski definition) is 3. The maximum absolute atomic E-state index is 10.6. The Bertz CT molecular complexity index is 474. The molecule has 21 heavy (non-hydrogen) atoms. The van der Waals surface area contributed by atoms with E-state index in [2.05, 4.69) is 18.7 Å². The van der Waals surface area contributed by atoms with Gasteiger partial charge in [-0.05, 0) is 25.0 Å². The molecule has 0 aliphatic rings. The summed E-state index contributed by atoms with van der Waals surface area (Å²) in [6, 6.07) is 3.76. The summed E-state index contributed by atoms with van der Waals surface area (Å²) in [5, 5.41) is 8.71. The zero-order chi connectivity index (χ0) is 15.8. The number of carbonyl (C=O) groups is 1. The van der Waals surface area contributed by atoms with Crippen LogP contribution >= 0.6 is 11.8 Å². The van der Waals surface area contributed by atoms with E-state index >= 15 is 0 Å². The summed E-state index contributed by atoms with van der Waals surface area (Å²) in [4.78, 5) is 13.8. The summed E-state index contributed by atoms with van der Waals surface area (Å²) in [5.74, 6) is -0.292. The Hall–Kier alpha value is -1.56. The Morgan fingerprint density at radius 1 is 1.19 bits per heavy atom. The van der Waals surface area contributed by atoms with Gasteiger partial charge in [-0.2, -0.15) is 0 Å². The van der Waals surface area contributed by atoms with E-state index in [-0.39, 0.29) is 6.42 Å². The molecule has 5 nitrogen and oxygen atoms in total. The fourth-order valence-corrected chi connectivity index (χ4v) is 3.06. The summed E-state index contributed by atoms with van der Waals surface area (Å²) in [7, 11) is 0. The van der Waals surface area contributed by atoms with E-state index in [1.165, 1.54) is 11.8 Å². The molecule has 0 fully saturated rings. The number of thioether (sulfide) groups is 1. The van der Waals surface area contributed by atoms with E-state index < -0.39 is 5.97 Å². The number of anilines is 3. The van der Waals surface area contributed by atoms with Gasteiger partial charge in [0.15, 0.2) is 0 Å². The normalized spacial score (nSPS) is 10.6. The Balaban J connectivity index is 2.95. The van der Waals surface area contributed by atoms with Crippen LogP contribution in [0.4, 0.5) is 17.1 Å². The second-order valence-electron chi connectivity index (χ2n) is 4.93. The van der Waals surface area contributed by atoms with Crippen LogP contribution in [0.15, 0.2) is 17.0 Å². The molecule has 0 aromatic heterocycles. The molecule has 0 radical (unpaired) electrons. The van der Waals surface area contributed by atoms with Gasteiger partial charge in [0.25, 0.3) is 0 Å². The first kappa shape index (κ1) is 17.5. The lowest BCUT2D eigenvalue weighted by Gasteiger charge is -2.26. The lowest BCUT2D eigenvalue weighted by Crippen LogP contribution is -2.26. The highest BCUT2D eigenvalue weighted by atomic mass is 32.2. The minimum absolute atomic E-state index is 0.122. The van der Waals surface area contributed by atoms with E-state index in [1.54, 1.807) is 6.07 Å². The van der Waals surface area contributed by atoms with Gasteiger partial charge in [-0.3, -0.25) is 4.79 Å². The second-order valence-corrected chi connectivity index (χ2v) is 6.06. The van der Waals surface area contributed by atoms with Crippen LogP contribution < -0.4 is 16.4 Å². The molecule has 0 spiro atoms. The maximum atomic E-state index is 10.6. The second kappa shape index (κ2) is 8.67. The van der Waals surface area contributed by atoms with Crippen molar-refractivity contribution in [1.29, 1.82) is 0 Å². The molecule has 0 heterocycles. The third kappa shape index (κ3) is 5.38. The molecule has 0 saturated heterocycles.